The van der Waals surface area contributed by atoms with Crippen LogP contribution in [0.5, 0.6) is 0 Å². The molecule has 4 aliphatic rings. The van der Waals surface area contributed by atoms with Gasteiger partial charge in [-0.1, -0.05) is 24.3 Å². The molecule has 2 saturated heterocycles. The van der Waals surface area contributed by atoms with Crippen LogP contribution < -0.4 is 5.32 Å². The lowest BCUT2D eigenvalue weighted by molar-refractivity contribution is -0.138. The Bertz CT molecular complexity index is 988. The Kier molecular flexibility index (Phi) is 6.81. The summed E-state index contributed by atoms with van der Waals surface area (Å²) >= 11 is 0. The minimum Gasteiger partial charge on any atom is -0.447 e. The van der Waals surface area contributed by atoms with Gasteiger partial charge in [0.15, 0.2) is 0 Å². The molecule has 35 heavy (non-hydrogen) atoms. The van der Waals surface area contributed by atoms with Gasteiger partial charge in [0.1, 0.15) is 6.61 Å². The number of carbonyl (C=O) groups excluding carboxylic acids is 1. The topological polar surface area (TPSA) is 54.0 Å². The predicted octanol–water partition coefficient (Wildman–Crippen LogP) is 4.85. The number of carbonyl (C=O) groups is 1. The molecule has 6 nitrogen and oxygen atoms in total. The third-order valence-electron chi connectivity index (χ3n) is 7.65. The van der Waals surface area contributed by atoms with E-state index in [0.29, 0.717) is 30.8 Å². The molecule has 1 unspecified atom stereocenters. The van der Waals surface area contributed by atoms with E-state index in [9.17, 15) is 18.0 Å². The fourth-order valence-electron chi connectivity index (χ4n) is 5.63. The van der Waals surface area contributed by atoms with Crippen molar-refractivity contribution in [2.45, 2.75) is 43.7 Å². The van der Waals surface area contributed by atoms with Gasteiger partial charge in [-0.3, -0.25) is 0 Å². The summed E-state index contributed by atoms with van der Waals surface area (Å²) < 4.78 is 52.5. The lowest BCUT2D eigenvalue weighted by Crippen LogP contribution is -2.49. The molecule has 9 heteroatoms. The third-order valence-corrected chi connectivity index (χ3v) is 7.65. The Morgan fingerprint density at radius 2 is 1.97 bits per heavy atom. The van der Waals surface area contributed by atoms with Crippen LogP contribution in [0.1, 0.15) is 36.5 Å². The van der Waals surface area contributed by atoms with Crippen LogP contribution >= 0.6 is 0 Å². The molecule has 2 fully saturated rings. The summed E-state index contributed by atoms with van der Waals surface area (Å²) in [5, 5.41) is 3.53. The maximum absolute atomic E-state index is 13.5. The molecular formula is C26H32F3N3O3. The van der Waals surface area contributed by atoms with Gasteiger partial charge in [0, 0.05) is 55.3 Å². The Morgan fingerprint density at radius 1 is 1.17 bits per heavy atom. The van der Waals surface area contributed by atoms with Crippen LogP contribution in [0.4, 0.5) is 23.7 Å². The predicted molar refractivity (Wildman–Crippen MR) is 126 cm³/mol. The molecule has 0 radical (unpaired) electrons. The number of fused-ring (bicyclic) bond motifs is 3. The molecule has 0 spiro atoms. The number of halogens is 3. The van der Waals surface area contributed by atoms with Crippen LogP contribution in [0.3, 0.4) is 0 Å². The van der Waals surface area contributed by atoms with E-state index in [4.69, 9.17) is 9.47 Å². The number of nitrogens with zero attached hydrogens (tertiary/aromatic N) is 2. The average Bonchev–Trinajstić information content (AvgIpc) is 2.86. The first kappa shape index (κ1) is 24.2. The van der Waals surface area contributed by atoms with E-state index in [-0.39, 0.29) is 36.7 Å². The highest BCUT2D eigenvalue weighted by Gasteiger charge is 2.45. The van der Waals surface area contributed by atoms with Crippen molar-refractivity contribution >= 4 is 11.8 Å². The van der Waals surface area contributed by atoms with Crippen LogP contribution in [0.25, 0.3) is 0 Å². The first-order valence-electron chi connectivity index (χ1n) is 12.4. The largest absolute Gasteiger partial charge is 0.447 e. The highest BCUT2D eigenvalue weighted by Crippen LogP contribution is 2.49. The molecule has 1 aromatic carbocycles. The van der Waals surface area contributed by atoms with Crippen molar-refractivity contribution in [1.29, 1.82) is 0 Å². The van der Waals surface area contributed by atoms with Crippen LogP contribution in [-0.4, -0.2) is 67.9 Å². The zero-order chi connectivity index (χ0) is 24.6. The molecule has 190 valence electrons. The monoisotopic (exact) mass is 491 g/mol. The van der Waals surface area contributed by atoms with E-state index in [2.05, 4.69) is 22.4 Å². The number of benzene rings is 1. The molecule has 3 heterocycles. The number of likely N-dealkylation sites (N-methyl/N-ethyl adjacent to an activating group) is 1. The fourth-order valence-corrected chi connectivity index (χ4v) is 5.63. The Labute approximate surface area is 203 Å². The molecule has 3 aliphatic heterocycles. The number of allylic oxidation sites excluding steroid dienone is 3. The number of rotatable bonds is 3. The first-order chi connectivity index (χ1) is 16.8. The number of nitrogens with one attached hydrogen (secondary N) is 1. The Balaban J connectivity index is 1.32. The van der Waals surface area contributed by atoms with E-state index < -0.39 is 17.8 Å². The zero-order valence-corrected chi connectivity index (χ0v) is 19.8. The maximum atomic E-state index is 13.5. The van der Waals surface area contributed by atoms with Crippen LogP contribution in [0.2, 0.25) is 0 Å². The number of ether oxygens (including phenoxy) is 2. The molecule has 0 saturated carbocycles. The SMILES string of the molecule is CN1CCN(C(=O)OC[C@H]2CC[C@@H]3[C@H](O2)c2cc(C(F)(F)F)ccc2N[C@H]3C2C=CC=CC2)CC1. The third kappa shape index (κ3) is 5.21. The number of piperazine rings is 1. The fraction of sp³-hybridized carbons (Fsp3) is 0.577. The van der Waals surface area contributed by atoms with E-state index in [1.807, 2.05) is 19.2 Å². The smallest absolute Gasteiger partial charge is 0.416 e. The number of alkyl halides is 3. The molecule has 1 amide bonds. The van der Waals surface area contributed by atoms with Crippen molar-refractivity contribution in [2.75, 3.05) is 45.2 Å². The molecule has 1 aromatic rings. The summed E-state index contributed by atoms with van der Waals surface area (Å²) in [6.07, 6.45) is 5.05. The first-order valence-corrected chi connectivity index (χ1v) is 12.4. The van der Waals surface area contributed by atoms with Crippen LogP contribution in [0, 0.1) is 11.8 Å². The summed E-state index contributed by atoms with van der Waals surface area (Å²) in [7, 11) is 2.02. The average molecular weight is 492 g/mol. The van der Waals surface area contributed by atoms with E-state index in [0.717, 1.165) is 32.0 Å². The summed E-state index contributed by atoms with van der Waals surface area (Å²) in [4.78, 5) is 16.4. The summed E-state index contributed by atoms with van der Waals surface area (Å²) in [5.74, 6) is 0.259. The van der Waals surface area contributed by atoms with Crippen LogP contribution in [-0.2, 0) is 15.7 Å². The van der Waals surface area contributed by atoms with Gasteiger partial charge >= 0.3 is 12.3 Å². The summed E-state index contributed by atoms with van der Waals surface area (Å²) in [6.45, 7) is 2.95. The van der Waals surface area contributed by atoms with Crippen molar-refractivity contribution in [3.05, 3.63) is 53.6 Å². The number of hydrogen-bond donors (Lipinski definition) is 1. The molecule has 5 rings (SSSR count). The van der Waals surface area contributed by atoms with E-state index >= 15 is 0 Å². The van der Waals surface area contributed by atoms with E-state index in [1.165, 1.54) is 12.1 Å². The molecule has 0 aromatic heterocycles. The van der Waals surface area contributed by atoms with Gasteiger partial charge in [0.05, 0.1) is 17.8 Å². The van der Waals surface area contributed by atoms with Crippen molar-refractivity contribution < 1.29 is 27.4 Å². The van der Waals surface area contributed by atoms with Gasteiger partial charge in [-0.05, 0) is 44.5 Å². The van der Waals surface area contributed by atoms with Crippen molar-refractivity contribution in [2.24, 2.45) is 11.8 Å². The lowest BCUT2D eigenvalue weighted by atomic mass is 9.73. The van der Waals surface area contributed by atoms with Crippen LogP contribution in [0.15, 0.2) is 42.5 Å². The molecule has 1 aliphatic carbocycles. The quantitative estimate of drug-likeness (QED) is 0.655. The second kappa shape index (κ2) is 9.85. The summed E-state index contributed by atoms with van der Waals surface area (Å²) in [5.41, 5.74) is 0.539. The zero-order valence-electron chi connectivity index (χ0n) is 19.8. The number of anilines is 1. The Hall–Kier alpha value is -2.52. The number of amides is 1. The van der Waals surface area contributed by atoms with Gasteiger partial charge in [0.2, 0.25) is 0 Å². The van der Waals surface area contributed by atoms with Crippen molar-refractivity contribution in [3.63, 3.8) is 0 Å². The number of hydrogen-bond acceptors (Lipinski definition) is 5. The van der Waals surface area contributed by atoms with E-state index in [1.54, 1.807) is 4.90 Å². The highest BCUT2D eigenvalue weighted by molar-refractivity contribution is 5.67. The van der Waals surface area contributed by atoms with Gasteiger partial charge in [-0.2, -0.15) is 13.2 Å². The van der Waals surface area contributed by atoms with Gasteiger partial charge < -0.3 is 24.6 Å². The minimum absolute atomic E-state index is 0.0247. The van der Waals surface area contributed by atoms with Crippen molar-refractivity contribution in [1.82, 2.24) is 9.80 Å². The second-order valence-electron chi connectivity index (χ2n) is 9.97. The maximum Gasteiger partial charge on any atom is 0.416 e. The molecule has 0 bridgehead atoms. The molecule has 5 atom stereocenters. The highest BCUT2D eigenvalue weighted by atomic mass is 19.4. The lowest BCUT2D eigenvalue weighted by Gasteiger charge is -2.47. The summed E-state index contributed by atoms with van der Waals surface area (Å²) in [6, 6.07) is 3.91. The van der Waals surface area contributed by atoms with Gasteiger partial charge in [0.25, 0.3) is 0 Å². The van der Waals surface area contributed by atoms with Gasteiger partial charge in [-0.15, -0.1) is 0 Å². The van der Waals surface area contributed by atoms with Gasteiger partial charge in [-0.25, -0.2) is 4.79 Å². The van der Waals surface area contributed by atoms with Crippen molar-refractivity contribution in [3.8, 4) is 0 Å². The molecule has 1 N–H and O–H groups in total. The second-order valence-corrected chi connectivity index (χ2v) is 9.97. The minimum atomic E-state index is -4.43. The standard InChI is InChI=1S/C26H32F3N3O3/c1-31-11-13-32(14-12-31)25(33)34-16-19-8-9-20-23(17-5-3-2-4-6-17)30-22-10-7-18(26(27,28)29)15-21(22)24(20)35-19/h2-5,7,10,15,17,19-20,23-24,30H,6,8-9,11-14,16H2,1H3/t17?,19-,20+,23+,24+/m1/s1. The molecular weight excluding hydrogens is 459 g/mol. The Morgan fingerprint density at radius 3 is 2.69 bits per heavy atom. The normalized spacial score (nSPS) is 30.9.